The Balaban J connectivity index is 1.90. The number of esters is 1. The van der Waals surface area contributed by atoms with Crippen molar-refractivity contribution < 1.29 is 9.53 Å². The number of carbonyl (C=O) groups excluding carboxylic acids is 1. The van der Waals surface area contributed by atoms with Crippen LogP contribution < -0.4 is 10.2 Å². The van der Waals surface area contributed by atoms with Crippen LogP contribution in [0.1, 0.15) is 48.8 Å². The Hall–Kier alpha value is -2.34. The molecule has 6 nitrogen and oxygen atoms in total. The maximum absolute atomic E-state index is 11.8. The van der Waals surface area contributed by atoms with Crippen LogP contribution in [0, 0.1) is 6.92 Å². The topological polar surface area (TPSA) is 67.4 Å². The van der Waals surface area contributed by atoms with Crippen LogP contribution in [0.25, 0.3) is 0 Å². The third-order valence-electron chi connectivity index (χ3n) is 4.87. The van der Waals surface area contributed by atoms with Gasteiger partial charge in [0.15, 0.2) is 0 Å². The molecule has 2 heterocycles. The summed E-state index contributed by atoms with van der Waals surface area (Å²) >= 11 is 6.30. The zero-order valence-electron chi connectivity index (χ0n) is 16.0. The number of hydrogen-bond acceptors (Lipinski definition) is 6. The van der Waals surface area contributed by atoms with Crippen molar-refractivity contribution in [2.24, 2.45) is 0 Å². The molecular formula is C20H25ClN4O2. The van der Waals surface area contributed by atoms with Crippen LogP contribution >= 0.6 is 11.6 Å². The summed E-state index contributed by atoms with van der Waals surface area (Å²) in [5.74, 6) is 1.86. The van der Waals surface area contributed by atoms with E-state index in [1.54, 1.807) is 18.2 Å². The van der Waals surface area contributed by atoms with Gasteiger partial charge in [-0.05, 0) is 50.8 Å². The van der Waals surface area contributed by atoms with E-state index in [4.69, 9.17) is 16.3 Å². The minimum absolute atomic E-state index is 0.409. The lowest BCUT2D eigenvalue weighted by Gasteiger charge is -2.36. The number of piperidine rings is 1. The maximum atomic E-state index is 11.8. The van der Waals surface area contributed by atoms with Gasteiger partial charge in [-0.15, -0.1) is 0 Å². The molecule has 0 amide bonds. The third-order valence-corrected chi connectivity index (χ3v) is 5.20. The molecule has 144 valence electrons. The lowest BCUT2D eigenvalue weighted by molar-refractivity contribution is 0.0601. The summed E-state index contributed by atoms with van der Waals surface area (Å²) < 4.78 is 4.78. The highest BCUT2D eigenvalue weighted by molar-refractivity contribution is 6.33. The molecule has 7 heteroatoms. The van der Waals surface area contributed by atoms with Crippen LogP contribution in [0.3, 0.4) is 0 Å². The van der Waals surface area contributed by atoms with Crippen LogP contribution in [0.4, 0.5) is 17.3 Å². The van der Waals surface area contributed by atoms with Crippen molar-refractivity contribution >= 4 is 34.9 Å². The first kappa shape index (κ1) is 19.4. The highest BCUT2D eigenvalue weighted by Crippen LogP contribution is 2.30. The first-order valence-electron chi connectivity index (χ1n) is 9.29. The second-order valence-corrected chi connectivity index (χ2v) is 7.13. The van der Waals surface area contributed by atoms with Gasteiger partial charge in [0.1, 0.15) is 17.5 Å². The van der Waals surface area contributed by atoms with E-state index in [1.807, 2.05) is 13.0 Å². The van der Waals surface area contributed by atoms with E-state index in [-0.39, 0.29) is 0 Å². The molecule has 27 heavy (non-hydrogen) atoms. The van der Waals surface area contributed by atoms with Crippen LogP contribution in [-0.4, -0.2) is 35.6 Å². The van der Waals surface area contributed by atoms with E-state index >= 15 is 0 Å². The summed E-state index contributed by atoms with van der Waals surface area (Å²) in [5, 5.41) is 3.73. The molecule has 0 saturated carbocycles. The average molecular weight is 389 g/mol. The van der Waals surface area contributed by atoms with Gasteiger partial charge in [0.2, 0.25) is 0 Å². The summed E-state index contributed by atoms with van der Waals surface area (Å²) in [5.41, 5.74) is 1.03. The summed E-state index contributed by atoms with van der Waals surface area (Å²) in [7, 11) is 1.35. The normalized spacial score (nSPS) is 16.9. The van der Waals surface area contributed by atoms with Gasteiger partial charge in [0, 0.05) is 18.7 Å². The summed E-state index contributed by atoms with van der Waals surface area (Å²) in [4.78, 5) is 23.3. The first-order valence-corrected chi connectivity index (χ1v) is 9.66. The van der Waals surface area contributed by atoms with Crippen molar-refractivity contribution in [2.45, 2.75) is 45.6 Å². The second kappa shape index (κ2) is 8.57. The molecule has 0 aliphatic carbocycles. The molecule has 0 radical (unpaired) electrons. The molecule has 1 aromatic carbocycles. The van der Waals surface area contributed by atoms with Gasteiger partial charge < -0.3 is 15.0 Å². The number of methoxy groups -OCH3 is 1. The highest BCUT2D eigenvalue weighted by Gasteiger charge is 2.23. The number of hydrogen-bond donors (Lipinski definition) is 1. The Kier molecular flexibility index (Phi) is 6.16. The van der Waals surface area contributed by atoms with Crippen LogP contribution in [0.5, 0.6) is 0 Å². The molecule has 1 N–H and O–H groups in total. The largest absolute Gasteiger partial charge is 0.465 e. The van der Waals surface area contributed by atoms with E-state index in [2.05, 4.69) is 27.1 Å². The van der Waals surface area contributed by atoms with Crippen LogP contribution in [0.15, 0.2) is 24.3 Å². The summed E-state index contributed by atoms with van der Waals surface area (Å²) in [6.07, 6.45) is 4.73. The van der Waals surface area contributed by atoms with Gasteiger partial charge in [-0.3, -0.25) is 0 Å². The Morgan fingerprint density at radius 2 is 2.15 bits per heavy atom. The maximum Gasteiger partial charge on any atom is 0.337 e. The molecule has 2 aromatic rings. The Bertz CT molecular complexity index is 828. The zero-order valence-corrected chi connectivity index (χ0v) is 16.7. The molecule has 1 fully saturated rings. The fourth-order valence-electron chi connectivity index (χ4n) is 3.49. The molecule has 1 aliphatic rings. The Morgan fingerprint density at radius 1 is 1.33 bits per heavy atom. The van der Waals surface area contributed by atoms with Gasteiger partial charge in [-0.25, -0.2) is 14.8 Å². The van der Waals surface area contributed by atoms with Crippen molar-refractivity contribution in [1.82, 2.24) is 9.97 Å². The fourth-order valence-corrected chi connectivity index (χ4v) is 3.66. The predicted octanol–water partition coefficient (Wildman–Crippen LogP) is 4.74. The minimum Gasteiger partial charge on any atom is -0.465 e. The molecule has 1 aromatic heterocycles. The van der Waals surface area contributed by atoms with E-state index in [0.29, 0.717) is 34.0 Å². The monoisotopic (exact) mass is 388 g/mol. The zero-order chi connectivity index (χ0) is 19.4. The van der Waals surface area contributed by atoms with E-state index < -0.39 is 5.97 Å². The summed E-state index contributed by atoms with van der Waals surface area (Å²) in [6, 6.07) is 7.42. The standard InChI is InChI=1S/C20H25ClN4O2/c1-4-15-7-5-6-10-25(15)19-12-18(22-13(2)23-19)24-17-11-14(20(26)27-3)8-9-16(17)21/h8-9,11-12,15H,4-7,10H2,1-3H3,(H,22,23,24). The number of halogens is 1. The highest BCUT2D eigenvalue weighted by atomic mass is 35.5. The molecule has 1 saturated heterocycles. The second-order valence-electron chi connectivity index (χ2n) is 6.72. The van der Waals surface area contributed by atoms with Crippen molar-refractivity contribution in [3.05, 3.63) is 40.7 Å². The number of rotatable bonds is 5. The Morgan fingerprint density at radius 3 is 2.89 bits per heavy atom. The lowest BCUT2D eigenvalue weighted by atomic mass is 10.00. The molecule has 0 bridgehead atoms. The van der Waals surface area contributed by atoms with Crippen molar-refractivity contribution in [2.75, 3.05) is 23.9 Å². The van der Waals surface area contributed by atoms with Crippen LogP contribution in [0.2, 0.25) is 5.02 Å². The molecule has 1 aliphatic heterocycles. The van der Waals surface area contributed by atoms with Gasteiger partial charge in [0.05, 0.1) is 23.4 Å². The number of ether oxygens (including phenoxy) is 1. The lowest BCUT2D eigenvalue weighted by Crippen LogP contribution is -2.39. The SMILES string of the molecule is CCC1CCCCN1c1cc(Nc2cc(C(=O)OC)ccc2Cl)nc(C)n1. The van der Waals surface area contributed by atoms with Gasteiger partial charge in [-0.1, -0.05) is 18.5 Å². The molecule has 1 unspecified atom stereocenters. The van der Waals surface area contributed by atoms with Gasteiger partial charge in [0.25, 0.3) is 0 Å². The fraction of sp³-hybridized carbons (Fsp3) is 0.450. The first-order chi connectivity index (χ1) is 13.0. The Labute approximate surface area is 164 Å². The number of aryl methyl sites for hydroxylation is 1. The molecule has 0 spiro atoms. The molecular weight excluding hydrogens is 364 g/mol. The predicted molar refractivity (Wildman–Crippen MR) is 108 cm³/mol. The van der Waals surface area contributed by atoms with E-state index in [9.17, 15) is 4.79 Å². The van der Waals surface area contributed by atoms with E-state index in [0.717, 1.165) is 18.8 Å². The number of nitrogens with one attached hydrogen (secondary N) is 1. The average Bonchev–Trinajstić information content (AvgIpc) is 2.68. The number of benzene rings is 1. The van der Waals surface area contributed by atoms with E-state index in [1.165, 1.54) is 26.4 Å². The van der Waals surface area contributed by atoms with Gasteiger partial charge >= 0.3 is 5.97 Å². The number of nitrogens with zero attached hydrogens (tertiary/aromatic N) is 3. The van der Waals surface area contributed by atoms with Crippen LogP contribution in [-0.2, 0) is 4.74 Å². The third kappa shape index (κ3) is 4.50. The van der Waals surface area contributed by atoms with Crippen molar-refractivity contribution in [3.63, 3.8) is 0 Å². The quantitative estimate of drug-likeness (QED) is 0.746. The van der Waals surface area contributed by atoms with Crippen molar-refractivity contribution in [1.29, 1.82) is 0 Å². The number of anilines is 3. The van der Waals surface area contributed by atoms with Crippen molar-refractivity contribution in [3.8, 4) is 0 Å². The van der Waals surface area contributed by atoms with Gasteiger partial charge in [-0.2, -0.15) is 0 Å². The molecule has 1 atom stereocenters. The smallest absolute Gasteiger partial charge is 0.337 e. The number of carbonyl (C=O) groups is 1. The summed E-state index contributed by atoms with van der Waals surface area (Å²) in [6.45, 7) is 5.10. The molecule has 3 rings (SSSR count). The number of aromatic nitrogens is 2. The minimum atomic E-state index is -0.409.